The highest BCUT2D eigenvalue weighted by Crippen LogP contribution is 2.23. The highest BCUT2D eigenvalue weighted by atomic mass is 35.5. The second-order valence-electron chi connectivity index (χ2n) is 7.18. The highest BCUT2D eigenvalue weighted by molar-refractivity contribution is 8.20. The minimum atomic E-state index is -3.77. The van der Waals surface area contributed by atoms with Gasteiger partial charge in [0.05, 0.1) is 16.0 Å². The third kappa shape index (κ3) is 6.01. The van der Waals surface area contributed by atoms with Crippen molar-refractivity contribution in [2.75, 3.05) is 18.8 Å². The SMILES string of the molecule is O=S(=O)(NS1=CCN(S(=O)(=O)c2ccc(Cl)cc2)CC1)c1ccc(COc2cnccn2)cc1. The zero-order valence-corrected chi connectivity index (χ0v) is 20.9. The van der Waals surface area contributed by atoms with E-state index in [0.717, 1.165) is 5.56 Å². The molecule has 0 bridgehead atoms. The summed E-state index contributed by atoms with van der Waals surface area (Å²) in [7, 11) is -8.24. The van der Waals surface area contributed by atoms with Crippen molar-refractivity contribution in [3.8, 4) is 5.88 Å². The lowest BCUT2D eigenvalue weighted by atomic mass is 10.2. The molecule has 180 valence electrons. The first-order chi connectivity index (χ1) is 16.2. The molecule has 0 amide bonds. The van der Waals surface area contributed by atoms with Crippen molar-refractivity contribution >= 4 is 47.7 Å². The van der Waals surface area contributed by atoms with Gasteiger partial charge in [-0.05, 0) is 47.3 Å². The van der Waals surface area contributed by atoms with Crippen LogP contribution in [0.2, 0.25) is 5.02 Å². The van der Waals surface area contributed by atoms with E-state index in [0.29, 0.717) is 16.7 Å². The first-order valence-corrected chi connectivity index (χ1v) is 14.8. The van der Waals surface area contributed by atoms with Crippen LogP contribution in [-0.2, 0) is 26.7 Å². The largest absolute Gasteiger partial charge is 0.472 e. The zero-order chi connectivity index (χ0) is 24.2. The summed E-state index contributed by atoms with van der Waals surface area (Å²) < 4.78 is 60.7. The van der Waals surface area contributed by atoms with Gasteiger partial charge in [-0.3, -0.25) is 4.98 Å². The Hall–Kier alpha value is -2.35. The van der Waals surface area contributed by atoms with Gasteiger partial charge >= 0.3 is 0 Å². The van der Waals surface area contributed by atoms with Crippen molar-refractivity contribution in [2.24, 2.45) is 0 Å². The lowest BCUT2D eigenvalue weighted by molar-refractivity contribution is 0.292. The van der Waals surface area contributed by atoms with E-state index in [1.807, 2.05) is 0 Å². The Labute approximate surface area is 205 Å². The second-order valence-corrected chi connectivity index (χ2v) is 13.3. The predicted molar refractivity (Wildman–Crippen MR) is 132 cm³/mol. The van der Waals surface area contributed by atoms with E-state index in [9.17, 15) is 16.8 Å². The van der Waals surface area contributed by atoms with Crippen LogP contribution < -0.4 is 8.86 Å². The van der Waals surface area contributed by atoms with Crippen LogP contribution >= 0.6 is 22.3 Å². The average Bonchev–Trinajstić information content (AvgIpc) is 2.84. The number of halogens is 1. The number of nitrogens with zero attached hydrogens (tertiary/aromatic N) is 3. The molecule has 1 aromatic heterocycles. The molecule has 0 fully saturated rings. The van der Waals surface area contributed by atoms with Crippen molar-refractivity contribution in [3.63, 3.8) is 0 Å². The molecule has 1 aliphatic rings. The van der Waals surface area contributed by atoms with Gasteiger partial charge in [0.25, 0.3) is 0 Å². The van der Waals surface area contributed by atoms with Crippen molar-refractivity contribution < 1.29 is 21.6 Å². The summed E-state index contributed by atoms with van der Waals surface area (Å²) in [5, 5.41) is 2.13. The fourth-order valence-electron chi connectivity index (χ4n) is 3.07. The van der Waals surface area contributed by atoms with Crippen LogP contribution in [0.15, 0.2) is 76.9 Å². The molecule has 0 saturated carbocycles. The van der Waals surface area contributed by atoms with Gasteiger partial charge in [-0.2, -0.15) is 8.43 Å². The van der Waals surface area contributed by atoms with E-state index in [1.165, 1.54) is 53.1 Å². The van der Waals surface area contributed by atoms with E-state index in [-0.39, 0.29) is 29.5 Å². The van der Waals surface area contributed by atoms with Crippen molar-refractivity contribution in [2.45, 2.75) is 16.4 Å². The monoisotopic (exact) mass is 540 g/mol. The van der Waals surface area contributed by atoms with Gasteiger partial charge in [0.2, 0.25) is 25.9 Å². The Kier molecular flexibility index (Phi) is 7.65. The maximum Gasteiger partial charge on any atom is 0.249 e. The summed E-state index contributed by atoms with van der Waals surface area (Å²) in [6.07, 6.45) is 4.55. The number of hydrogen-bond acceptors (Lipinski definition) is 7. The molecule has 1 atom stereocenters. The summed E-state index contributed by atoms with van der Waals surface area (Å²) in [6, 6.07) is 12.3. The van der Waals surface area contributed by atoms with E-state index < -0.39 is 30.7 Å². The van der Waals surface area contributed by atoms with Gasteiger partial charge < -0.3 is 4.74 Å². The number of sulfonamides is 2. The van der Waals surface area contributed by atoms with Crippen LogP contribution in [0.25, 0.3) is 0 Å². The van der Waals surface area contributed by atoms with Crippen molar-refractivity contribution in [1.82, 2.24) is 18.4 Å². The lowest BCUT2D eigenvalue weighted by Gasteiger charge is -2.26. The standard InChI is InChI=1S/C21H21ClN4O5S3/c22-18-3-7-20(8-4-18)34(29,30)26-11-13-32(14-12-26)25-33(27,28)19-5-1-17(2-6-19)16-31-21-15-23-9-10-24-21/h1-10,13,15,25H,11-12,14,16H2. The molecule has 1 unspecified atom stereocenters. The highest BCUT2D eigenvalue weighted by Gasteiger charge is 2.27. The molecule has 2 heterocycles. The zero-order valence-electron chi connectivity index (χ0n) is 17.7. The van der Waals surface area contributed by atoms with Crippen LogP contribution in [-0.4, -0.2) is 55.3 Å². The van der Waals surface area contributed by atoms with Gasteiger partial charge in [-0.15, -0.1) is 10.7 Å². The number of benzene rings is 2. The molecule has 0 saturated heterocycles. The summed E-state index contributed by atoms with van der Waals surface area (Å²) in [4.78, 5) is 8.20. The normalized spacial score (nSPS) is 17.1. The summed E-state index contributed by atoms with van der Waals surface area (Å²) in [6.45, 7) is 0.531. The number of aromatic nitrogens is 2. The van der Waals surface area contributed by atoms with Crippen molar-refractivity contribution in [1.29, 1.82) is 0 Å². The number of hydrogen-bond donors (Lipinski definition) is 1. The molecule has 1 aliphatic heterocycles. The van der Waals surface area contributed by atoms with Gasteiger partial charge in [-0.1, -0.05) is 23.7 Å². The molecule has 4 rings (SSSR count). The Morgan fingerprint density at radius 3 is 2.32 bits per heavy atom. The molecule has 34 heavy (non-hydrogen) atoms. The molecule has 0 aliphatic carbocycles. The summed E-state index contributed by atoms with van der Waals surface area (Å²) >= 11 is 5.84. The smallest absolute Gasteiger partial charge is 0.249 e. The van der Waals surface area contributed by atoms with E-state index >= 15 is 0 Å². The minimum Gasteiger partial charge on any atom is -0.472 e. The fourth-order valence-corrected chi connectivity index (χ4v) is 8.34. The predicted octanol–water partition coefficient (Wildman–Crippen LogP) is 2.68. The van der Waals surface area contributed by atoms with Crippen LogP contribution in [0.1, 0.15) is 5.56 Å². The van der Waals surface area contributed by atoms with Crippen molar-refractivity contribution in [3.05, 3.63) is 77.7 Å². The average molecular weight is 541 g/mol. The molecule has 2 aromatic carbocycles. The Morgan fingerprint density at radius 1 is 1.00 bits per heavy atom. The molecule has 0 radical (unpaired) electrons. The van der Waals surface area contributed by atoms with Crippen LogP contribution in [0.5, 0.6) is 5.88 Å². The molecular weight excluding hydrogens is 520 g/mol. The van der Waals surface area contributed by atoms with E-state index in [2.05, 4.69) is 14.1 Å². The summed E-state index contributed by atoms with van der Waals surface area (Å²) in [5.74, 6) is 0.720. The van der Waals surface area contributed by atoms with Crippen LogP contribution in [0.4, 0.5) is 0 Å². The number of ether oxygens (including phenoxy) is 1. The Morgan fingerprint density at radius 2 is 1.71 bits per heavy atom. The quantitative estimate of drug-likeness (QED) is 0.436. The fraction of sp³-hybridized carbons (Fsp3) is 0.190. The molecule has 0 spiro atoms. The molecule has 9 nitrogen and oxygen atoms in total. The van der Waals surface area contributed by atoms with Gasteiger partial charge in [0.15, 0.2) is 0 Å². The number of rotatable bonds is 8. The first-order valence-electron chi connectivity index (χ1n) is 10.0. The Bertz CT molecular complexity index is 1380. The Balaban J connectivity index is 1.37. The number of nitrogens with one attached hydrogen (secondary N) is 1. The minimum absolute atomic E-state index is 0.106. The molecule has 1 N–H and O–H groups in total. The maximum atomic E-state index is 12.8. The third-order valence-corrected chi connectivity index (χ3v) is 10.8. The second kappa shape index (κ2) is 10.5. The van der Waals surface area contributed by atoms with E-state index in [1.54, 1.807) is 23.7 Å². The molecular formula is C21H21ClN4O5S3. The van der Waals surface area contributed by atoms with Gasteiger partial charge in [-0.25, -0.2) is 21.8 Å². The van der Waals surface area contributed by atoms with Crippen LogP contribution in [0.3, 0.4) is 0 Å². The van der Waals surface area contributed by atoms with Gasteiger partial charge in [0, 0.05) is 36.3 Å². The first kappa shape index (κ1) is 24.8. The van der Waals surface area contributed by atoms with E-state index in [4.69, 9.17) is 16.3 Å². The molecule has 3 aromatic rings. The third-order valence-electron chi connectivity index (χ3n) is 4.87. The van der Waals surface area contributed by atoms with Gasteiger partial charge in [0.1, 0.15) is 6.61 Å². The lowest BCUT2D eigenvalue weighted by Crippen LogP contribution is -2.39. The maximum absolute atomic E-state index is 12.8. The topological polar surface area (TPSA) is 119 Å². The summed E-state index contributed by atoms with van der Waals surface area (Å²) in [5.41, 5.74) is 0.777. The molecule has 13 heteroatoms. The van der Waals surface area contributed by atoms with Crippen LogP contribution in [0, 0.1) is 0 Å².